The smallest absolute Gasteiger partial charge is 0.262 e. The molecule has 3 rings (SSSR count). The van der Waals surface area contributed by atoms with Crippen molar-refractivity contribution in [2.75, 3.05) is 0 Å². The van der Waals surface area contributed by atoms with Crippen molar-refractivity contribution in [2.45, 2.75) is 0 Å². The Morgan fingerprint density at radius 1 is 0.867 bits per heavy atom. The molecule has 0 unspecified atom stereocenters. The molecule has 0 aliphatic heterocycles. The van der Waals surface area contributed by atoms with Gasteiger partial charge in [-0.3, -0.25) is 4.79 Å². The molecule has 0 aliphatic rings. The van der Waals surface area contributed by atoms with E-state index in [1.807, 2.05) is 0 Å². The number of hydrogen-bond donors (Lipinski definition) is 3. The maximum atomic E-state index is 12.6. The van der Waals surface area contributed by atoms with Gasteiger partial charge in [-0.25, -0.2) is 16.8 Å². The fourth-order valence-electron chi connectivity index (χ4n) is 2.48. The second-order valence-electron chi connectivity index (χ2n) is 5.59. The van der Waals surface area contributed by atoms with Crippen LogP contribution in [0.1, 0.15) is 0 Å². The van der Waals surface area contributed by atoms with E-state index < -0.39 is 71.7 Å². The van der Waals surface area contributed by atoms with Crippen LogP contribution < -0.4 is 13.8 Å². The van der Waals surface area contributed by atoms with E-state index in [1.165, 1.54) is 0 Å². The van der Waals surface area contributed by atoms with Gasteiger partial charge in [0, 0.05) is 17.7 Å². The van der Waals surface area contributed by atoms with Gasteiger partial charge < -0.3 is 37.2 Å². The summed E-state index contributed by atoms with van der Waals surface area (Å²) in [5, 5.41) is 28.7. The Labute approximate surface area is 166 Å². The van der Waals surface area contributed by atoms with E-state index in [9.17, 15) is 46.1 Å². The molecule has 160 valence electrons. The normalized spacial score (nSPS) is 12.1. The van der Waals surface area contributed by atoms with Crippen molar-refractivity contribution in [1.82, 2.24) is 0 Å². The van der Waals surface area contributed by atoms with Crippen molar-refractivity contribution in [3.63, 3.8) is 0 Å². The lowest BCUT2D eigenvalue weighted by Crippen LogP contribution is -2.16. The standard InChI is InChI=1S/C15H10O13S2/c16-7-4-9(18)12-11(5-7)26-14(15(13(12)19)28-30(23,24)25)6-1-2-10(8(17)3-6)27-29(20,21)22/h1-5,16-18H,(H,20,21,22)(H,23,24,25)/p-2. The number of phenolic OH excluding ortho intramolecular Hbond substituents is 3. The van der Waals surface area contributed by atoms with Gasteiger partial charge in [-0.15, -0.1) is 0 Å². The zero-order chi connectivity index (χ0) is 22.4. The largest absolute Gasteiger partial charge is 0.716 e. The van der Waals surface area contributed by atoms with Crippen molar-refractivity contribution in [2.24, 2.45) is 0 Å². The molecular weight excluding hydrogens is 452 g/mol. The summed E-state index contributed by atoms with van der Waals surface area (Å²) in [7, 11) is -10.7. The van der Waals surface area contributed by atoms with Crippen LogP contribution >= 0.6 is 0 Å². The quantitative estimate of drug-likeness (QED) is 0.343. The fraction of sp³-hybridized carbons (Fsp3) is 0. The molecular formula is C15H8O13S2-2. The van der Waals surface area contributed by atoms with Gasteiger partial charge in [-0.2, -0.15) is 0 Å². The van der Waals surface area contributed by atoms with Crippen LogP contribution in [0.2, 0.25) is 0 Å². The Morgan fingerprint density at radius 3 is 2.07 bits per heavy atom. The average molecular weight is 460 g/mol. The summed E-state index contributed by atoms with van der Waals surface area (Å²) in [6.07, 6.45) is 0. The molecule has 0 atom stereocenters. The monoisotopic (exact) mass is 460 g/mol. The first-order chi connectivity index (χ1) is 13.7. The molecule has 3 N–H and O–H groups in total. The van der Waals surface area contributed by atoms with Gasteiger partial charge in [0.25, 0.3) is 20.8 Å². The van der Waals surface area contributed by atoms with Crippen LogP contribution in [0.3, 0.4) is 0 Å². The second kappa shape index (κ2) is 7.06. The van der Waals surface area contributed by atoms with Gasteiger partial charge >= 0.3 is 0 Å². The molecule has 30 heavy (non-hydrogen) atoms. The second-order valence-corrected chi connectivity index (χ2v) is 7.56. The molecule has 0 spiro atoms. The molecule has 0 fully saturated rings. The minimum absolute atomic E-state index is 0.330. The first kappa shape index (κ1) is 21.2. The summed E-state index contributed by atoms with van der Waals surface area (Å²) in [6, 6.07) is 4.03. The van der Waals surface area contributed by atoms with Crippen LogP contribution in [-0.2, 0) is 20.8 Å². The maximum absolute atomic E-state index is 12.6. The lowest BCUT2D eigenvalue weighted by Gasteiger charge is -2.15. The van der Waals surface area contributed by atoms with E-state index in [0.29, 0.717) is 6.07 Å². The van der Waals surface area contributed by atoms with Gasteiger partial charge in [-0.05, 0) is 18.2 Å². The molecule has 0 bridgehead atoms. The molecule has 3 aromatic rings. The Hall–Kier alpha value is -3.53. The first-order valence-electron chi connectivity index (χ1n) is 7.42. The van der Waals surface area contributed by atoms with Crippen LogP contribution in [0.15, 0.2) is 39.5 Å². The summed E-state index contributed by atoms with van der Waals surface area (Å²) in [4.78, 5) is 12.6. The van der Waals surface area contributed by atoms with Crippen LogP contribution in [0.4, 0.5) is 0 Å². The summed E-state index contributed by atoms with van der Waals surface area (Å²) in [5.74, 6) is -5.03. The zero-order valence-corrected chi connectivity index (χ0v) is 15.8. The van der Waals surface area contributed by atoms with E-state index >= 15 is 0 Å². The molecule has 1 heterocycles. The van der Waals surface area contributed by atoms with Crippen LogP contribution in [0, 0.1) is 0 Å². The first-order valence-corrected chi connectivity index (χ1v) is 10.1. The van der Waals surface area contributed by atoms with E-state index in [0.717, 1.165) is 24.3 Å². The van der Waals surface area contributed by atoms with Gasteiger partial charge in [0.2, 0.25) is 11.2 Å². The molecule has 0 saturated heterocycles. The van der Waals surface area contributed by atoms with E-state index in [2.05, 4.69) is 8.37 Å². The number of rotatable bonds is 5. The number of hydrogen-bond acceptors (Lipinski definition) is 13. The fourth-order valence-corrected chi connectivity index (χ4v) is 3.19. The molecule has 0 saturated carbocycles. The molecule has 0 amide bonds. The molecule has 0 radical (unpaired) electrons. The van der Waals surface area contributed by atoms with Gasteiger partial charge in [-0.1, -0.05) is 0 Å². The number of phenols is 3. The number of fused-ring (bicyclic) bond motifs is 1. The highest BCUT2D eigenvalue weighted by molar-refractivity contribution is 7.81. The average Bonchev–Trinajstić information content (AvgIpc) is 2.56. The van der Waals surface area contributed by atoms with Crippen LogP contribution in [0.25, 0.3) is 22.3 Å². The molecule has 1 aromatic heterocycles. The van der Waals surface area contributed by atoms with Gasteiger partial charge in [0.05, 0.1) is 0 Å². The van der Waals surface area contributed by atoms with Crippen molar-refractivity contribution in [3.05, 3.63) is 40.6 Å². The third-order valence-electron chi connectivity index (χ3n) is 3.52. The Morgan fingerprint density at radius 2 is 1.50 bits per heavy atom. The molecule has 15 heteroatoms. The minimum Gasteiger partial charge on any atom is -0.716 e. The van der Waals surface area contributed by atoms with Crippen molar-refractivity contribution in [1.29, 1.82) is 0 Å². The van der Waals surface area contributed by atoms with Gasteiger partial charge in [0.15, 0.2) is 17.3 Å². The lowest BCUT2D eigenvalue weighted by atomic mass is 10.1. The highest BCUT2D eigenvalue weighted by Gasteiger charge is 2.23. The Balaban J connectivity index is 2.33. The maximum Gasteiger partial charge on any atom is 0.262 e. The summed E-state index contributed by atoms with van der Waals surface area (Å²) < 4.78 is 78.6. The van der Waals surface area contributed by atoms with Crippen molar-refractivity contribution in [3.8, 4) is 40.1 Å². The zero-order valence-electron chi connectivity index (χ0n) is 14.1. The van der Waals surface area contributed by atoms with Crippen LogP contribution in [-0.4, -0.2) is 41.3 Å². The highest BCUT2D eigenvalue weighted by Crippen LogP contribution is 2.39. The molecule has 2 aromatic carbocycles. The Bertz CT molecular complexity index is 1440. The number of benzene rings is 2. The molecule has 13 nitrogen and oxygen atoms in total. The van der Waals surface area contributed by atoms with Crippen LogP contribution in [0.5, 0.6) is 28.7 Å². The lowest BCUT2D eigenvalue weighted by molar-refractivity contribution is 0.358. The molecule has 0 aliphatic carbocycles. The summed E-state index contributed by atoms with van der Waals surface area (Å²) in [5.41, 5.74) is -2.10. The summed E-state index contributed by atoms with van der Waals surface area (Å²) >= 11 is 0. The Kier molecular flexibility index (Phi) is 4.99. The van der Waals surface area contributed by atoms with Gasteiger partial charge in [0.1, 0.15) is 22.5 Å². The highest BCUT2D eigenvalue weighted by atomic mass is 32.3. The van der Waals surface area contributed by atoms with Crippen molar-refractivity contribution >= 4 is 31.8 Å². The minimum atomic E-state index is -5.51. The number of aromatic hydroxyl groups is 3. The van der Waals surface area contributed by atoms with E-state index in [4.69, 9.17) is 4.42 Å². The predicted molar refractivity (Wildman–Crippen MR) is 93.6 cm³/mol. The van der Waals surface area contributed by atoms with E-state index in [-0.39, 0.29) is 5.56 Å². The topological polar surface area (TPSA) is 224 Å². The van der Waals surface area contributed by atoms with E-state index in [1.54, 1.807) is 0 Å². The third-order valence-corrected chi connectivity index (χ3v) is 4.27. The third kappa shape index (κ3) is 4.38. The SMILES string of the molecule is O=c1c(OS(=O)(=O)[O-])c(-c2ccc(OS(=O)(=O)[O-])c(O)c2)oc2cc(O)cc(O)c12. The predicted octanol–water partition coefficient (Wildman–Crippen LogP) is 0.255. The van der Waals surface area contributed by atoms with Crippen molar-refractivity contribution < 1.29 is 54.0 Å². The summed E-state index contributed by atoms with van der Waals surface area (Å²) in [6.45, 7) is 0.